The topological polar surface area (TPSA) is 59.3 Å². The molecule has 0 aliphatic rings. The second-order valence-corrected chi connectivity index (χ2v) is 3.84. The molecule has 0 aliphatic carbocycles. The average Bonchev–Trinajstić information content (AvgIpc) is 2.32. The number of hydrogen-bond acceptors (Lipinski definition) is 2. The summed E-state index contributed by atoms with van der Waals surface area (Å²) in [7, 11) is 1.46. The summed E-state index contributed by atoms with van der Waals surface area (Å²) in [4.78, 5) is 22.9. The highest BCUT2D eigenvalue weighted by atomic mass is 19.1. The molecule has 0 saturated heterocycles. The Balaban J connectivity index is 2.76. The molecule has 2 rings (SSSR count). The minimum absolute atomic E-state index is 0.213. The van der Waals surface area contributed by atoms with Gasteiger partial charge in [0.1, 0.15) is 11.4 Å². The molecule has 0 fully saturated rings. The molecule has 0 saturated carbocycles. The minimum atomic E-state index is -1.32. The molecule has 0 amide bonds. The standard InChI is InChI=1S/C13H10FNO3/c1-15-6-5-10(11(12(15)16)13(17)18)8-3-2-4-9(14)7-8/h2-7H,1H3,(H,17,18). The molecule has 18 heavy (non-hydrogen) atoms. The third kappa shape index (κ3) is 2.02. The van der Waals surface area contributed by atoms with E-state index in [1.54, 1.807) is 6.07 Å². The van der Waals surface area contributed by atoms with Crippen LogP contribution >= 0.6 is 0 Å². The van der Waals surface area contributed by atoms with Crippen LogP contribution in [0.15, 0.2) is 41.3 Å². The molecular formula is C13H10FNO3. The number of aryl methyl sites for hydroxylation is 1. The van der Waals surface area contributed by atoms with Crippen LogP contribution in [0.3, 0.4) is 0 Å². The fourth-order valence-electron chi connectivity index (χ4n) is 1.73. The third-order valence-corrected chi connectivity index (χ3v) is 2.62. The third-order valence-electron chi connectivity index (χ3n) is 2.62. The molecule has 1 aromatic heterocycles. The molecule has 0 spiro atoms. The van der Waals surface area contributed by atoms with Gasteiger partial charge in [0.2, 0.25) is 0 Å². The maximum atomic E-state index is 13.1. The number of halogens is 1. The molecule has 0 radical (unpaired) electrons. The van der Waals surface area contributed by atoms with E-state index >= 15 is 0 Å². The van der Waals surface area contributed by atoms with Gasteiger partial charge in [-0.25, -0.2) is 9.18 Å². The first-order valence-corrected chi connectivity index (χ1v) is 5.19. The van der Waals surface area contributed by atoms with E-state index < -0.39 is 17.3 Å². The Morgan fingerprint density at radius 1 is 1.33 bits per heavy atom. The second kappa shape index (κ2) is 4.44. The second-order valence-electron chi connectivity index (χ2n) is 3.84. The Morgan fingerprint density at radius 2 is 2.06 bits per heavy atom. The number of rotatable bonds is 2. The average molecular weight is 247 g/mol. The van der Waals surface area contributed by atoms with Crippen LogP contribution in [0, 0.1) is 5.82 Å². The number of aromatic carboxylic acids is 1. The SMILES string of the molecule is Cn1ccc(-c2cccc(F)c2)c(C(=O)O)c1=O. The first kappa shape index (κ1) is 12.0. The zero-order chi connectivity index (χ0) is 13.3. The maximum absolute atomic E-state index is 13.1. The first-order valence-electron chi connectivity index (χ1n) is 5.19. The van der Waals surface area contributed by atoms with Crippen LogP contribution in [0.1, 0.15) is 10.4 Å². The molecule has 0 bridgehead atoms. The van der Waals surface area contributed by atoms with Crippen LogP contribution in [0.25, 0.3) is 11.1 Å². The van der Waals surface area contributed by atoms with Gasteiger partial charge in [-0.1, -0.05) is 12.1 Å². The van der Waals surface area contributed by atoms with E-state index in [1.807, 2.05) is 0 Å². The Labute approximate surface area is 102 Å². The normalized spacial score (nSPS) is 10.3. The summed E-state index contributed by atoms with van der Waals surface area (Å²) in [5, 5.41) is 9.09. The Kier molecular flexibility index (Phi) is 2.97. The van der Waals surface area contributed by atoms with Crippen molar-refractivity contribution in [2.75, 3.05) is 0 Å². The summed E-state index contributed by atoms with van der Waals surface area (Å²) in [6.45, 7) is 0. The minimum Gasteiger partial charge on any atom is -0.477 e. The van der Waals surface area contributed by atoms with Gasteiger partial charge in [-0.15, -0.1) is 0 Å². The number of carboxylic acid groups (broad SMARTS) is 1. The van der Waals surface area contributed by atoms with Gasteiger partial charge in [-0.05, 0) is 23.8 Å². The molecule has 0 unspecified atom stereocenters. The fourth-order valence-corrected chi connectivity index (χ4v) is 1.73. The predicted molar refractivity (Wildman–Crippen MR) is 64.0 cm³/mol. The van der Waals surface area contributed by atoms with E-state index in [4.69, 9.17) is 5.11 Å². The van der Waals surface area contributed by atoms with Crippen molar-refractivity contribution in [2.24, 2.45) is 7.05 Å². The number of pyridine rings is 1. The summed E-state index contributed by atoms with van der Waals surface area (Å²) in [5.74, 6) is -1.81. The summed E-state index contributed by atoms with van der Waals surface area (Å²) < 4.78 is 14.3. The lowest BCUT2D eigenvalue weighted by molar-refractivity contribution is 0.0695. The smallest absolute Gasteiger partial charge is 0.341 e. The molecule has 1 aromatic carbocycles. The molecular weight excluding hydrogens is 237 g/mol. The quantitative estimate of drug-likeness (QED) is 0.881. The molecule has 4 nitrogen and oxygen atoms in total. The highest BCUT2D eigenvalue weighted by molar-refractivity contribution is 5.95. The van der Waals surface area contributed by atoms with Crippen molar-refractivity contribution in [3.63, 3.8) is 0 Å². The van der Waals surface area contributed by atoms with Crippen molar-refractivity contribution in [3.05, 3.63) is 58.3 Å². The highest BCUT2D eigenvalue weighted by Gasteiger charge is 2.17. The lowest BCUT2D eigenvalue weighted by atomic mass is 10.0. The van der Waals surface area contributed by atoms with E-state index in [-0.39, 0.29) is 11.1 Å². The molecule has 92 valence electrons. The van der Waals surface area contributed by atoms with Gasteiger partial charge in [-0.3, -0.25) is 4.79 Å². The van der Waals surface area contributed by atoms with Crippen LogP contribution in [0.2, 0.25) is 0 Å². The zero-order valence-electron chi connectivity index (χ0n) is 9.55. The van der Waals surface area contributed by atoms with Crippen molar-refractivity contribution in [2.45, 2.75) is 0 Å². The Morgan fingerprint density at radius 3 is 2.67 bits per heavy atom. The van der Waals surface area contributed by atoms with Crippen LogP contribution in [0.5, 0.6) is 0 Å². The van der Waals surface area contributed by atoms with E-state index in [0.717, 1.165) is 0 Å². The number of hydrogen-bond donors (Lipinski definition) is 1. The fraction of sp³-hybridized carbons (Fsp3) is 0.0769. The van der Waals surface area contributed by atoms with Gasteiger partial charge in [0.05, 0.1) is 0 Å². The largest absolute Gasteiger partial charge is 0.477 e. The van der Waals surface area contributed by atoms with E-state index in [9.17, 15) is 14.0 Å². The van der Waals surface area contributed by atoms with Crippen molar-refractivity contribution in [1.29, 1.82) is 0 Å². The Bertz CT molecular complexity index is 676. The zero-order valence-corrected chi connectivity index (χ0v) is 9.55. The summed E-state index contributed by atoms with van der Waals surface area (Å²) >= 11 is 0. The number of aromatic nitrogens is 1. The van der Waals surface area contributed by atoms with E-state index in [0.29, 0.717) is 5.56 Å². The number of benzene rings is 1. The lowest BCUT2D eigenvalue weighted by Crippen LogP contribution is -2.24. The predicted octanol–water partition coefficient (Wildman–Crippen LogP) is 1.89. The number of nitrogens with zero attached hydrogens (tertiary/aromatic N) is 1. The van der Waals surface area contributed by atoms with E-state index in [2.05, 4.69) is 0 Å². The molecule has 5 heteroatoms. The van der Waals surface area contributed by atoms with Gasteiger partial charge in [0, 0.05) is 18.8 Å². The number of carbonyl (C=O) groups is 1. The molecule has 1 heterocycles. The van der Waals surface area contributed by atoms with Crippen molar-refractivity contribution in [3.8, 4) is 11.1 Å². The van der Waals surface area contributed by atoms with Gasteiger partial charge in [0.15, 0.2) is 0 Å². The van der Waals surface area contributed by atoms with Crippen molar-refractivity contribution >= 4 is 5.97 Å². The lowest BCUT2D eigenvalue weighted by Gasteiger charge is -2.07. The molecule has 1 N–H and O–H groups in total. The summed E-state index contributed by atoms with van der Waals surface area (Å²) in [5.41, 5.74) is -0.398. The first-order chi connectivity index (χ1) is 8.50. The Hall–Kier alpha value is -2.43. The molecule has 0 atom stereocenters. The highest BCUT2D eigenvalue weighted by Crippen LogP contribution is 2.22. The van der Waals surface area contributed by atoms with Crippen LogP contribution < -0.4 is 5.56 Å². The van der Waals surface area contributed by atoms with Crippen LogP contribution in [-0.2, 0) is 7.05 Å². The van der Waals surface area contributed by atoms with Gasteiger partial charge >= 0.3 is 5.97 Å². The summed E-state index contributed by atoms with van der Waals surface area (Å²) in [6, 6.07) is 6.96. The van der Waals surface area contributed by atoms with Gasteiger partial charge in [0.25, 0.3) is 5.56 Å². The van der Waals surface area contributed by atoms with Crippen LogP contribution in [0.4, 0.5) is 4.39 Å². The maximum Gasteiger partial charge on any atom is 0.341 e. The molecule has 0 aliphatic heterocycles. The van der Waals surface area contributed by atoms with Crippen LogP contribution in [-0.4, -0.2) is 15.6 Å². The summed E-state index contributed by atoms with van der Waals surface area (Å²) in [6.07, 6.45) is 1.45. The molecule has 2 aromatic rings. The van der Waals surface area contributed by atoms with Gasteiger partial charge < -0.3 is 9.67 Å². The number of carboxylic acids is 1. The van der Waals surface area contributed by atoms with Crippen molar-refractivity contribution in [1.82, 2.24) is 4.57 Å². The van der Waals surface area contributed by atoms with Gasteiger partial charge in [-0.2, -0.15) is 0 Å². The van der Waals surface area contributed by atoms with E-state index in [1.165, 1.54) is 42.1 Å². The monoisotopic (exact) mass is 247 g/mol. The van der Waals surface area contributed by atoms with Crippen molar-refractivity contribution < 1.29 is 14.3 Å².